The second-order valence-corrected chi connectivity index (χ2v) is 15.5. The molecule has 10 rings (SSSR count). The monoisotopic (exact) mass is 694 g/mol. The van der Waals surface area contributed by atoms with E-state index in [1.54, 1.807) is 0 Å². The molecule has 0 saturated heterocycles. The lowest BCUT2D eigenvalue weighted by molar-refractivity contribution is 0.334. The van der Waals surface area contributed by atoms with Gasteiger partial charge in [-0.05, 0) is 105 Å². The molecule has 2 aliphatic rings. The Balaban J connectivity index is 1.08. The highest BCUT2D eigenvalue weighted by atomic mass is 15.2. The van der Waals surface area contributed by atoms with Gasteiger partial charge in [-0.3, -0.25) is 0 Å². The molecule has 54 heavy (non-hydrogen) atoms. The van der Waals surface area contributed by atoms with Gasteiger partial charge in [0.25, 0.3) is 0 Å². The third kappa shape index (κ3) is 5.09. The maximum absolute atomic E-state index is 2.50. The highest BCUT2D eigenvalue weighted by Crippen LogP contribution is 2.57. The van der Waals surface area contributed by atoms with Crippen molar-refractivity contribution in [1.29, 1.82) is 0 Å². The van der Waals surface area contributed by atoms with E-state index < -0.39 is 0 Å². The first-order chi connectivity index (χ1) is 26.5. The second-order valence-electron chi connectivity index (χ2n) is 15.5. The predicted octanol–water partition coefficient (Wildman–Crippen LogP) is 13.8. The first-order valence-electron chi connectivity index (χ1n) is 19.1. The quantitative estimate of drug-likeness (QED) is 0.168. The average molecular weight is 695 g/mol. The number of allylic oxidation sites excluding steroid dienone is 4. The average Bonchev–Trinajstić information content (AvgIpc) is 3.68. The molecule has 0 amide bonds. The van der Waals surface area contributed by atoms with Crippen LogP contribution in [0, 0.1) is 11.8 Å². The van der Waals surface area contributed by atoms with Gasteiger partial charge in [0.05, 0.1) is 11.0 Å². The van der Waals surface area contributed by atoms with Crippen molar-refractivity contribution in [2.75, 3.05) is 4.90 Å². The summed E-state index contributed by atoms with van der Waals surface area (Å²) in [6.07, 6.45) is 4.78. The summed E-state index contributed by atoms with van der Waals surface area (Å²) >= 11 is 0. The van der Waals surface area contributed by atoms with Crippen molar-refractivity contribution in [1.82, 2.24) is 4.57 Å². The molecule has 0 fully saturated rings. The minimum absolute atomic E-state index is 0.0189. The summed E-state index contributed by atoms with van der Waals surface area (Å²) < 4.78 is 2.38. The normalized spacial score (nSPS) is 17.2. The van der Waals surface area contributed by atoms with Crippen molar-refractivity contribution in [3.63, 3.8) is 0 Å². The summed E-state index contributed by atoms with van der Waals surface area (Å²) in [5, 5.41) is 2.53. The zero-order valence-corrected chi connectivity index (χ0v) is 30.9. The number of hydrogen-bond acceptors (Lipinski definition) is 1. The van der Waals surface area contributed by atoms with Gasteiger partial charge in [0.2, 0.25) is 0 Å². The van der Waals surface area contributed by atoms with Crippen LogP contribution in [0.3, 0.4) is 0 Å². The largest absolute Gasteiger partial charge is 0.314 e. The fraction of sp³-hybridized carbons (Fsp3) is 0.115. The highest BCUT2D eigenvalue weighted by Gasteiger charge is 2.48. The van der Waals surface area contributed by atoms with Crippen molar-refractivity contribution in [2.45, 2.75) is 26.2 Å². The van der Waals surface area contributed by atoms with E-state index >= 15 is 0 Å². The molecular weight excluding hydrogens is 653 g/mol. The molecule has 2 unspecified atom stereocenters. The Labute approximate surface area is 318 Å². The van der Waals surface area contributed by atoms with Crippen molar-refractivity contribution in [3.8, 4) is 27.9 Å². The van der Waals surface area contributed by atoms with E-state index in [4.69, 9.17) is 0 Å². The summed E-state index contributed by atoms with van der Waals surface area (Å²) in [6, 6.07) is 64.3. The van der Waals surface area contributed by atoms with Crippen molar-refractivity contribution in [3.05, 3.63) is 205 Å². The molecular formula is C52H42N2. The van der Waals surface area contributed by atoms with Gasteiger partial charge in [0.1, 0.15) is 0 Å². The van der Waals surface area contributed by atoms with Crippen LogP contribution in [0.1, 0.15) is 31.9 Å². The van der Waals surface area contributed by atoms with Gasteiger partial charge in [0, 0.05) is 45.4 Å². The molecule has 1 heterocycles. The van der Waals surface area contributed by atoms with Crippen LogP contribution in [0.15, 0.2) is 194 Å². The van der Waals surface area contributed by atoms with Gasteiger partial charge in [-0.1, -0.05) is 148 Å². The van der Waals surface area contributed by atoms with Crippen LogP contribution in [-0.2, 0) is 5.41 Å². The van der Waals surface area contributed by atoms with E-state index in [2.05, 4.69) is 218 Å². The lowest BCUT2D eigenvalue weighted by Gasteiger charge is -2.41. The Kier molecular flexibility index (Phi) is 7.56. The lowest BCUT2D eigenvalue weighted by Crippen LogP contribution is -2.35. The van der Waals surface area contributed by atoms with Crippen LogP contribution >= 0.6 is 0 Å². The smallest absolute Gasteiger partial charge is 0.0541 e. The summed E-state index contributed by atoms with van der Waals surface area (Å²) in [6.45, 7) is 7.29. The summed E-state index contributed by atoms with van der Waals surface area (Å²) in [5.74, 6) is 0.663. The minimum atomic E-state index is 0.0189. The molecule has 2 aliphatic carbocycles. The van der Waals surface area contributed by atoms with E-state index in [0.717, 1.165) is 5.69 Å². The van der Waals surface area contributed by atoms with E-state index in [0.29, 0.717) is 5.92 Å². The molecule has 0 N–H and O–H groups in total. The molecule has 1 aromatic heterocycles. The number of nitrogens with zero attached hydrogens (tertiary/aromatic N) is 2. The molecule has 0 bridgehead atoms. The maximum atomic E-state index is 2.50. The van der Waals surface area contributed by atoms with Gasteiger partial charge in [-0.2, -0.15) is 0 Å². The van der Waals surface area contributed by atoms with Crippen LogP contribution in [0.4, 0.5) is 11.4 Å². The molecule has 8 aromatic rings. The Morgan fingerprint density at radius 2 is 1.13 bits per heavy atom. The number of hydrogen-bond donors (Lipinski definition) is 0. The summed E-state index contributed by atoms with van der Waals surface area (Å²) in [4.78, 5) is 2.50. The Morgan fingerprint density at radius 3 is 1.94 bits per heavy atom. The molecule has 2 atom stereocenters. The third-order valence-electron chi connectivity index (χ3n) is 12.1. The van der Waals surface area contributed by atoms with Gasteiger partial charge < -0.3 is 9.47 Å². The fourth-order valence-electron chi connectivity index (χ4n) is 9.60. The molecule has 260 valence electrons. The van der Waals surface area contributed by atoms with Crippen LogP contribution in [0.2, 0.25) is 0 Å². The SMILES string of the molecule is CC1C(N(c2ccc(-c3ccc4c(c3)c3ccccc3n4-c3ccccc3)cc2)c2cccc(-c3ccccc3)c2)=CC=C2c3ccccc3C(C)(C)C21. The van der Waals surface area contributed by atoms with Crippen LogP contribution in [0.5, 0.6) is 0 Å². The van der Waals surface area contributed by atoms with Gasteiger partial charge in [0.15, 0.2) is 0 Å². The molecule has 0 radical (unpaired) electrons. The van der Waals surface area contributed by atoms with E-state index in [1.807, 2.05) is 0 Å². The number of benzene rings is 7. The van der Waals surface area contributed by atoms with Crippen molar-refractivity contribution >= 4 is 38.8 Å². The number of aromatic nitrogens is 1. The number of para-hydroxylation sites is 2. The molecule has 2 heteroatoms. The third-order valence-corrected chi connectivity index (χ3v) is 12.1. The molecule has 7 aromatic carbocycles. The molecule has 0 saturated carbocycles. The van der Waals surface area contributed by atoms with Crippen LogP contribution < -0.4 is 4.90 Å². The van der Waals surface area contributed by atoms with Crippen molar-refractivity contribution < 1.29 is 0 Å². The standard InChI is InChI=1S/C52H42N2/c1-35-48(32-30-45-43-21-10-12-23-47(43)52(2,3)51(35)45)53(42-20-14-17-38(33-42)36-15-6-4-7-16-36)41-28-25-37(26-29-41)39-27-31-50-46(34-39)44-22-11-13-24-49(44)54(50)40-18-8-5-9-19-40/h4-35,51H,1-3H3. The van der Waals surface area contributed by atoms with Crippen molar-refractivity contribution in [2.24, 2.45) is 11.8 Å². The lowest BCUT2D eigenvalue weighted by atomic mass is 9.68. The predicted molar refractivity (Wildman–Crippen MR) is 228 cm³/mol. The van der Waals surface area contributed by atoms with Gasteiger partial charge in [-0.25, -0.2) is 0 Å². The topological polar surface area (TPSA) is 8.17 Å². The second kappa shape index (κ2) is 12.6. The molecule has 0 aliphatic heterocycles. The molecule has 0 spiro atoms. The number of rotatable bonds is 6. The Morgan fingerprint density at radius 1 is 0.500 bits per heavy atom. The zero-order valence-electron chi connectivity index (χ0n) is 30.9. The van der Waals surface area contributed by atoms with E-state index in [1.165, 1.54) is 77.8 Å². The molecule has 2 nitrogen and oxygen atoms in total. The first-order valence-corrected chi connectivity index (χ1v) is 19.1. The highest BCUT2D eigenvalue weighted by molar-refractivity contribution is 6.10. The Hall–Kier alpha value is -6.38. The Bertz CT molecular complexity index is 2750. The summed E-state index contributed by atoms with van der Waals surface area (Å²) in [5.41, 5.74) is 16.5. The van der Waals surface area contributed by atoms with Gasteiger partial charge >= 0.3 is 0 Å². The zero-order chi connectivity index (χ0) is 36.4. The maximum Gasteiger partial charge on any atom is 0.0541 e. The summed E-state index contributed by atoms with van der Waals surface area (Å²) in [7, 11) is 0. The van der Waals surface area contributed by atoms with Gasteiger partial charge in [-0.15, -0.1) is 0 Å². The number of anilines is 2. The number of fused-ring (bicyclic) bond motifs is 6. The fourth-order valence-corrected chi connectivity index (χ4v) is 9.60. The first kappa shape index (κ1) is 32.3. The van der Waals surface area contributed by atoms with Crippen LogP contribution in [0.25, 0.3) is 55.3 Å². The van der Waals surface area contributed by atoms with E-state index in [-0.39, 0.29) is 11.3 Å². The minimum Gasteiger partial charge on any atom is -0.314 e. The van der Waals surface area contributed by atoms with E-state index in [9.17, 15) is 0 Å². The van der Waals surface area contributed by atoms with Crippen LogP contribution in [-0.4, -0.2) is 4.57 Å².